The highest BCUT2D eigenvalue weighted by molar-refractivity contribution is 6.45. The van der Waals surface area contributed by atoms with Crippen LogP contribution in [0.1, 0.15) is 27.8 Å². The number of carbonyl (C=O) groups is 2. The van der Waals surface area contributed by atoms with Crippen LogP contribution in [-0.2, 0) is 22.6 Å². The minimum Gasteiger partial charge on any atom is -0.497 e. The number of rotatable bonds is 4. The van der Waals surface area contributed by atoms with E-state index in [1.165, 1.54) is 16.0 Å². The molecule has 2 heterocycles. The first kappa shape index (κ1) is 21.0. The zero-order chi connectivity index (χ0) is 23.1. The summed E-state index contributed by atoms with van der Waals surface area (Å²) in [6.07, 6.45) is 0.834. The highest BCUT2D eigenvalue weighted by Gasteiger charge is 2.43. The third kappa shape index (κ3) is 3.59. The first-order valence-corrected chi connectivity index (χ1v) is 11.1. The molecule has 3 aromatic carbocycles. The SMILES string of the molecule is COc1cccc(N2C(=O)C(c3ccc(C)c(C)c3)=C(N3CCc4ccccc4C3)C2=O)c1. The molecule has 3 aromatic rings. The van der Waals surface area contributed by atoms with E-state index in [2.05, 4.69) is 17.0 Å². The first-order valence-electron chi connectivity index (χ1n) is 11.1. The minimum absolute atomic E-state index is 0.291. The van der Waals surface area contributed by atoms with E-state index in [-0.39, 0.29) is 11.8 Å². The van der Waals surface area contributed by atoms with Gasteiger partial charge in [-0.2, -0.15) is 0 Å². The van der Waals surface area contributed by atoms with Gasteiger partial charge in [-0.05, 0) is 60.2 Å². The number of ether oxygens (including phenoxy) is 1. The fourth-order valence-corrected chi connectivity index (χ4v) is 4.64. The molecule has 0 unspecified atom stereocenters. The lowest BCUT2D eigenvalue weighted by atomic mass is 9.96. The molecular weight excluding hydrogens is 412 g/mol. The molecule has 33 heavy (non-hydrogen) atoms. The van der Waals surface area contributed by atoms with E-state index in [9.17, 15) is 9.59 Å². The summed E-state index contributed by atoms with van der Waals surface area (Å²) in [4.78, 5) is 31.0. The summed E-state index contributed by atoms with van der Waals surface area (Å²) in [5, 5.41) is 0. The number of amides is 2. The number of hydrogen-bond donors (Lipinski definition) is 0. The van der Waals surface area contributed by atoms with E-state index >= 15 is 0 Å². The molecule has 0 saturated heterocycles. The van der Waals surface area contributed by atoms with Crippen LogP contribution in [0.3, 0.4) is 0 Å². The number of anilines is 1. The summed E-state index contributed by atoms with van der Waals surface area (Å²) in [5.74, 6) is 0.00686. The summed E-state index contributed by atoms with van der Waals surface area (Å²) in [5.41, 5.74) is 6.94. The standard InChI is InChI=1S/C28H26N2O3/c1-18-11-12-21(15-19(18)2)25-26(29-14-13-20-7-4-5-8-22(20)17-29)28(32)30(27(25)31)23-9-6-10-24(16-23)33-3/h4-12,15-16H,13-14,17H2,1-3H3. The Hall–Kier alpha value is -3.86. The predicted octanol–water partition coefficient (Wildman–Crippen LogP) is 4.65. The molecule has 2 amide bonds. The molecule has 0 N–H and O–H groups in total. The van der Waals surface area contributed by atoms with Gasteiger partial charge in [-0.3, -0.25) is 9.59 Å². The fraction of sp³-hybridized carbons (Fsp3) is 0.214. The summed E-state index contributed by atoms with van der Waals surface area (Å²) in [6, 6.07) is 21.3. The highest BCUT2D eigenvalue weighted by atomic mass is 16.5. The summed E-state index contributed by atoms with van der Waals surface area (Å²) < 4.78 is 5.33. The van der Waals surface area contributed by atoms with Gasteiger partial charge in [0, 0.05) is 19.2 Å². The van der Waals surface area contributed by atoms with Crippen LogP contribution >= 0.6 is 0 Å². The first-order chi connectivity index (χ1) is 16.0. The number of hydrogen-bond acceptors (Lipinski definition) is 4. The lowest BCUT2D eigenvalue weighted by Gasteiger charge is -2.31. The summed E-state index contributed by atoms with van der Waals surface area (Å²) in [6.45, 7) is 5.36. The van der Waals surface area contributed by atoms with E-state index < -0.39 is 0 Å². The lowest BCUT2D eigenvalue weighted by molar-refractivity contribution is -0.120. The van der Waals surface area contributed by atoms with E-state index in [1.807, 2.05) is 44.2 Å². The smallest absolute Gasteiger partial charge is 0.282 e. The van der Waals surface area contributed by atoms with Gasteiger partial charge in [-0.25, -0.2) is 4.90 Å². The maximum Gasteiger partial charge on any atom is 0.282 e. The summed E-state index contributed by atoms with van der Waals surface area (Å²) in [7, 11) is 1.57. The molecule has 0 aliphatic carbocycles. The Labute approximate surface area is 193 Å². The normalized spacial score (nSPS) is 15.8. The van der Waals surface area contributed by atoms with Crippen molar-refractivity contribution in [2.24, 2.45) is 0 Å². The van der Waals surface area contributed by atoms with Crippen LogP contribution in [0.15, 0.2) is 72.4 Å². The molecule has 5 heteroatoms. The Kier molecular flexibility index (Phi) is 5.25. The maximum absolute atomic E-state index is 13.8. The number of aryl methyl sites for hydroxylation is 2. The molecule has 2 aliphatic heterocycles. The Morgan fingerprint density at radius 3 is 2.36 bits per heavy atom. The molecule has 0 fully saturated rings. The third-order valence-corrected chi connectivity index (χ3v) is 6.61. The second kappa shape index (κ2) is 8.24. The van der Waals surface area contributed by atoms with Crippen LogP contribution in [0.2, 0.25) is 0 Å². The Morgan fingerprint density at radius 2 is 1.61 bits per heavy atom. The molecule has 0 atom stereocenters. The van der Waals surface area contributed by atoms with Gasteiger partial charge in [-0.15, -0.1) is 0 Å². The van der Waals surface area contributed by atoms with Crippen LogP contribution in [0.5, 0.6) is 5.75 Å². The van der Waals surface area contributed by atoms with Crippen molar-refractivity contribution in [3.8, 4) is 5.75 Å². The summed E-state index contributed by atoms with van der Waals surface area (Å²) >= 11 is 0. The van der Waals surface area contributed by atoms with E-state index in [4.69, 9.17) is 4.74 Å². The number of methoxy groups -OCH3 is 1. The number of fused-ring (bicyclic) bond motifs is 1. The molecule has 0 radical (unpaired) electrons. The molecule has 0 saturated carbocycles. The van der Waals surface area contributed by atoms with Gasteiger partial charge in [0.2, 0.25) is 0 Å². The Bertz CT molecular complexity index is 1310. The van der Waals surface area contributed by atoms with Crippen molar-refractivity contribution in [3.63, 3.8) is 0 Å². The molecule has 2 aliphatic rings. The number of benzene rings is 3. The van der Waals surface area contributed by atoms with Crippen molar-refractivity contribution in [1.82, 2.24) is 4.90 Å². The molecule has 166 valence electrons. The zero-order valence-corrected chi connectivity index (χ0v) is 19.1. The van der Waals surface area contributed by atoms with E-state index in [0.29, 0.717) is 35.8 Å². The second-order valence-electron chi connectivity index (χ2n) is 8.61. The minimum atomic E-state index is -0.301. The number of nitrogens with zero attached hydrogens (tertiary/aromatic N) is 2. The second-order valence-corrected chi connectivity index (χ2v) is 8.61. The topological polar surface area (TPSA) is 49.9 Å². The quantitative estimate of drug-likeness (QED) is 0.556. The van der Waals surface area contributed by atoms with Crippen molar-refractivity contribution in [2.75, 3.05) is 18.6 Å². The van der Waals surface area contributed by atoms with Crippen molar-refractivity contribution in [2.45, 2.75) is 26.8 Å². The van der Waals surface area contributed by atoms with Crippen molar-refractivity contribution < 1.29 is 14.3 Å². The van der Waals surface area contributed by atoms with Gasteiger partial charge in [0.25, 0.3) is 11.8 Å². The number of imide groups is 1. The van der Waals surface area contributed by atoms with Gasteiger partial charge < -0.3 is 9.64 Å². The molecular formula is C28H26N2O3. The van der Waals surface area contributed by atoms with Crippen molar-refractivity contribution in [3.05, 3.63) is 100 Å². The Morgan fingerprint density at radius 1 is 0.818 bits per heavy atom. The predicted molar refractivity (Wildman–Crippen MR) is 129 cm³/mol. The molecule has 0 aromatic heterocycles. The zero-order valence-electron chi connectivity index (χ0n) is 19.1. The molecule has 5 nitrogen and oxygen atoms in total. The molecule has 0 spiro atoms. The lowest BCUT2D eigenvalue weighted by Crippen LogP contribution is -2.37. The average Bonchev–Trinajstić information content (AvgIpc) is 3.10. The van der Waals surface area contributed by atoms with Gasteiger partial charge in [0.15, 0.2) is 0 Å². The van der Waals surface area contributed by atoms with E-state index in [1.54, 1.807) is 31.4 Å². The monoisotopic (exact) mass is 438 g/mol. The number of carbonyl (C=O) groups excluding carboxylic acids is 2. The van der Waals surface area contributed by atoms with Gasteiger partial charge >= 0.3 is 0 Å². The van der Waals surface area contributed by atoms with E-state index in [0.717, 1.165) is 23.1 Å². The maximum atomic E-state index is 13.8. The van der Waals surface area contributed by atoms with Crippen LogP contribution in [-0.4, -0.2) is 30.4 Å². The molecule has 0 bridgehead atoms. The fourth-order valence-electron chi connectivity index (χ4n) is 4.64. The largest absolute Gasteiger partial charge is 0.497 e. The van der Waals surface area contributed by atoms with Gasteiger partial charge in [-0.1, -0.05) is 48.5 Å². The van der Waals surface area contributed by atoms with Crippen LogP contribution in [0.4, 0.5) is 5.69 Å². The van der Waals surface area contributed by atoms with Crippen LogP contribution in [0.25, 0.3) is 5.57 Å². The van der Waals surface area contributed by atoms with Crippen LogP contribution in [0, 0.1) is 13.8 Å². The van der Waals surface area contributed by atoms with Gasteiger partial charge in [0.1, 0.15) is 11.4 Å². The molecule has 5 rings (SSSR count). The third-order valence-electron chi connectivity index (χ3n) is 6.61. The average molecular weight is 439 g/mol. The van der Waals surface area contributed by atoms with Crippen molar-refractivity contribution >= 4 is 23.1 Å². The van der Waals surface area contributed by atoms with Crippen molar-refractivity contribution in [1.29, 1.82) is 0 Å². The highest BCUT2D eigenvalue weighted by Crippen LogP contribution is 2.38. The van der Waals surface area contributed by atoms with Gasteiger partial charge in [0.05, 0.1) is 18.4 Å². The Balaban J connectivity index is 1.64. The van der Waals surface area contributed by atoms with Crippen LogP contribution < -0.4 is 9.64 Å².